The molecule has 90 valence electrons. The SMILES string of the molecule is CC(C)(C)OC(=O)N1CCC2(C=CC2)CC1. The van der Waals surface area contributed by atoms with E-state index in [4.69, 9.17) is 4.74 Å². The fraction of sp³-hybridized carbons (Fsp3) is 0.769. The number of hydrogen-bond acceptors (Lipinski definition) is 2. The van der Waals surface area contributed by atoms with Crippen molar-refractivity contribution in [3.05, 3.63) is 12.2 Å². The Bertz CT molecular complexity index is 306. The average Bonchev–Trinajstić information content (AvgIpc) is 2.13. The fourth-order valence-electron chi connectivity index (χ4n) is 2.28. The molecule has 3 heteroatoms. The zero-order valence-electron chi connectivity index (χ0n) is 10.5. The van der Waals surface area contributed by atoms with Gasteiger partial charge in [0.15, 0.2) is 0 Å². The molecule has 0 N–H and O–H groups in total. The number of piperidine rings is 1. The summed E-state index contributed by atoms with van der Waals surface area (Å²) in [5.74, 6) is 0. The van der Waals surface area contributed by atoms with E-state index in [0.717, 1.165) is 25.9 Å². The Morgan fingerprint density at radius 3 is 2.25 bits per heavy atom. The lowest BCUT2D eigenvalue weighted by atomic mass is 9.69. The van der Waals surface area contributed by atoms with Gasteiger partial charge in [0.05, 0.1) is 0 Å². The lowest BCUT2D eigenvalue weighted by Gasteiger charge is -2.43. The predicted octanol–water partition coefficient (Wildman–Crippen LogP) is 2.96. The van der Waals surface area contributed by atoms with Crippen LogP contribution in [0.4, 0.5) is 4.79 Å². The zero-order valence-corrected chi connectivity index (χ0v) is 10.5. The molecule has 0 aromatic heterocycles. The Morgan fingerprint density at radius 2 is 1.88 bits per heavy atom. The largest absolute Gasteiger partial charge is 0.444 e. The molecule has 0 bridgehead atoms. The summed E-state index contributed by atoms with van der Waals surface area (Å²) in [4.78, 5) is 13.7. The van der Waals surface area contributed by atoms with E-state index in [1.165, 1.54) is 6.42 Å². The van der Waals surface area contributed by atoms with Crippen LogP contribution in [-0.2, 0) is 4.74 Å². The summed E-state index contributed by atoms with van der Waals surface area (Å²) in [6, 6.07) is 0. The standard InChI is InChI=1S/C13H21NO2/c1-12(2,3)16-11(15)14-9-7-13(8-10-14)5-4-6-13/h4-5H,6-10H2,1-3H3. The van der Waals surface area contributed by atoms with Crippen molar-refractivity contribution in [3.63, 3.8) is 0 Å². The Labute approximate surface area is 97.5 Å². The van der Waals surface area contributed by atoms with Crippen molar-refractivity contribution >= 4 is 6.09 Å². The van der Waals surface area contributed by atoms with Gasteiger partial charge < -0.3 is 9.64 Å². The van der Waals surface area contributed by atoms with Gasteiger partial charge in [-0.2, -0.15) is 0 Å². The highest BCUT2D eigenvalue weighted by Crippen LogP contribution is 2.42. The molecule has 1 aliphatic heterocycles. The van der Waals surface area contributed by atoms with Crippen molar-refractivity contribution in [1.82, 2.24) is 4.90 Å². The predicted molar refractivity (Wildman–Crippen MR) is 63.2 cm³/mol. The molecule has 0 aromatic carbocycles. The Hall–Kier alpha value is -0.990. The number of likely N-dealkylation sites (tertiary alicyclic amines) is 1. The molecule has 1 amide bonds. The molecule has 0 aromatic rings. The average molecular weight is 223 g/mol. The highest BCUT2D eigenvalue weighted by molar-refractivity contribution is 5.68. The van der Waals surface area contributed by atoms with Gasteiger partial charge in [0.1, 0.15) is 5.60 Å². The second-order valence-electron chi connectivity index (χ2n) is 5.94. The first-order chi connectivity index (χ1) is 7.40. The minimum atomic E-state index is -0.386. The van der Waals surface area contributed by atoms with E-state index in [1.54, 1.807) is 0 Å². The first kappa shape index (κ1) is 11.5. The van der Waals surface area contributed by atoms with Crippen LogP contribution < -0.4 is 0 Å². The normalized spacial score (nSPS) is 23.1. The second-order valence-corrected chi connectivity index (χ2v) is 5.94. The quantitative estimate of drug-likeness (QED) is 0.591. The van der Waals surface area contributed by atoms with Crippen LogP contribution >= 0.6 is 0 Å². The maximum Gasteiger partial charge on any atom is 0.410 e. The van der Waals surface area contributed by atoms with Crippen LogP contribution in [0.5, 0.6) is 0 Å². The van der Waals surface area contributed by atoms with Crippen LogP contribution in [0.3, 0.4) is 0 Å². The Kier molecular flexibility index (Phi) is 2.72. The van der Waals surface area contributed by atoms with Crippen LogP contribution in [0.2, 0.25) is 0 Å². The van der Waals surface area contributed by atoms with Gasteiger partial charge in [-0.3, -0.25) is 0 Å². The van der Waals surface area contributed by atoms with Gasteiger partial charge in [-0.05, 0) is 45.4 Å². The van der Waals surface area contributed by atoms with E-state index in [1.807, 2.05) is 25.7 Å². The summed E-state index contributed by atoms with van der Waals surface area (Å²) in [7, 11) is 0. The number of amides is 1. The van der Waals surface area contributed by atoms with Crippen molar-refractivity contribution in [2.24, 2.45) is 5.41 Å². The van der Waals surface area contributed by atoms with E-state index in [2.05, 4.69) is 12.2 Å². The van der Waals surface area contributed by atoms with Gasteiger partial charge in [0.2, 0.25) is 0 Å². The monoisotopic (exact) mass is 223 g/mol. The molecule has 0 atom stereocenters. The van der Waals surface area contributed by atoms with Crippen LogP contribution in [0.1, 0.15) is 40.0 Å². The summed E-state index contributed by atoms with van der Waals surface area (Å²) in [6.07, 6.45) is 7.73. The summed E-state index contributed by atoms with van der Waals surface area (Å²) in [5, 5.41) is 0. The van der Waals surface area contributed by atoms with E-state index >= 15 is 0 Å². The first-order valence-electron chi connectivity index (χ1n) is 6.06. The van der Waals surface area contributed by atoms with Crippen molar-refractivity contribution in [3.8, 4) is 0 Å². The second kappa shape index (κ2) is 3.79. The minimum Gasteiger partial charge on any atom is -0.444 e. The van der Waals surface area contributed by atoms with Crippen molar-refractivity contribution in [2.45, 2.75) is 45.6 Å². The molecular weight excluding hydrogens is 202 g/mol. The molecule has 1 heterocycles. The van der Waals surface area contributed by atoms with Crippen LogP contribution in [-0.4, -0.2) is 29.7 Å². The van der Waals surface area contributed by atoms with Crippen molar-refractivity contribution in [2.75, 3.05) is 13.1 Å². The van der Waals surface area contributed by atoms with E-state index in [9.17, 15) is 4.79 Å². The third-order valence-electron chi connectivity index (χ3n) is 3.41. The summed E-state index contributed by atoms with van der Waals surface area (Å²) < 4.78 is 5.37. The number of allylic oxidation sites excluding steroid dienone is 2. The first-order valence-corrected chi connectivity index (χ1v) is 6.06. The summed E-state index contributed by atoms with van der Waals surface area (Å²) in [5.41, 5.74) is 0.0289. The lowest BCUT2D eigenvalue weighted by Crippen LogP contribution is -2.45. The smallest absolute Gasteiger partial charge is 0.410 e. The fourth-order valence-corrected chi connectivity index (χ4v) is 2.28. The zero-order chi connectivity index (χ0) is 11.8. The molecule has 16 heavy (non-hydrogen) atoms. The maximum absolute atomic E-state index is 11.8. The van der Waals surface area contributed by atoms with E-state index in [0.29, 0.717) is 5.41 Å². The molecule has 2 aliphatic rings. The third-order valence-corrected chi connectivity index (χ3v) is 3.41. The third kappa shape index (κ3) is 2.39. The molecule has 1 saturated heterocycles. The lowest BCUT2D eigenvalue weighted by molar-refractivity contribution is 0.0133. The summed E-state index contributed by atoms with van der Waals surface area (Å²) in [6.45, 7) is 7.39. The number of ether oxygens (including phenoxy) is 1. The van der Waals surface area contributed by atoms with Gasteiger partial charge in [-0.1, -0.05) is 12.2 Å². The molecule has 0 saturated carbocycles. The molecule has 2 rings (SSSR count). The Balaban J connectivity index is 1.84. The highest BCUT2D eigenvalue weighted by Gasteiger charge is 2.37. The summed E-state index contributed by atoms with van der Waals surface area (Å²) >= 11 is 0. The molecule has 1 aliphatic carbocycles. The number of nitrogens with zero attached hydrogens (tertiary/aromatic N) is 1. The minimum absolute atomic E-state index is 0.161. The molecule has 1 spiro atoms. The molecule has 0 unspecified atom stereocenters. The van der Waals surface area contributed by atoms with Crippen LogP contribution in [0.15, 0.2) is 12.2 Å². The maximum atomic E-state index is 11.8. The van der Waals surface area contributed by atoms with Crippen LogP contribution in [0.25, 0.3) is 0 Å². The van der Waals surface area contributed by atoms with Gasteiger partial charge in [-0.25, -0.2) is 4.79 Å². The van der Waals surface area contributed by atoms with Crippen molar-refractivity contribution < 1.29 is 9.53 Å². The highest BCUT2D eigenvalue weighted by atomic mass is 16.6. The topological polar surface area (TPSA) is 29.5 Å². The molecule has 3 nitrogen and oxygen atoms in total. The molecular formula is C13H21NO2. The van der Waals surface area contributed by atoms with Crippen LogP contribution in [0, 0.1) is 5.41 Å². The van der Waals surface area contributed by atoms with Gasteiger partial charge >= 0.3 is 6.09 Å². The Morgan fingerprint density at radius 1 is 1.31 bits per heavy atom. The van der Waals surface area contributed by atoms with E-state index < -0.39 is 0 Å². The molecule has 1 fully saturated rings. The van der Waals surface area contributed by atoms with Gasteiger partial charge in [0, 0.05) is 13.1 Å². The number of hydrogen-bond donors (Lipinski definition) is 0. The number of carbonyl (C=O) groups is 1. The molecule has 0 radical (unpaired) electrons. The number of carbonyl (C=O) groups excluding carboxylic acids is 1. The number of rotatable bonds is 0. The van der Waals surface area contributed by atoms with Crippen molar-refractivity contribution in [1.29, 1.82) is 0 Å². The van der Waals surface area contributed by atoms with Gasteiger partial charge in [0.25, 0.3) is 0 Å². The van der Waals surface area contributed by atoms with E-state index in [-0.39, 0.29) is 11.7 Å². The van der Waals surface area contributed by atoms with Gasteiger partial charge in [-0.15, -0.1) is 0 Å².